The molecule has 2 unspecified atom stereocenters. The van der Waals surface area contributed by atoms with Gasteiger partial charge in [0.05, 0.1) is 13.2 Å². The van der Waals surface area contributed by atoms with Gasteiger partial charge in [0.25, 0.3) is 0 Å². The maximum atomic E-state index is 12.5. The topological polar surface area (TPSA) is 142 Å². The predicted octanol–water partition coefficient (Wildman–Crippen LogP) is 6.75. The van der Waals surface area contributed by atoms with Crippen molar-refractivity contribution in [3.63, 3.8) is 0 Å². The summed E-state index contributed by atoms with van der Waals surface area (Å²) in [5, 5.41) is 22.4. The van der Waals surface area contributed by atoms with Crippen molar-refractivity contribution >= 4 is 23.8 Å². The van der Waals surface area contributed by atoms with Crippen LogP contribution in [0.5, 0.6) is 0 Å². The van der Waals surface area contributed by atoms with Crippen LogP contribution in [-0.2, 0) is 23.9 Å². The first-order chi connectivity index (χ1) is 20.8. The van der Waals surface area contributed by atoms with Gasteiger partial charge in [-0.05, 0) is 38.2 Å². The number of carboxylic acid groups (broad SMARTS) is 1. The summed E-state index contributed by atoms with van der Waals surface area (Å²) >= 11 is 0. The summed E-state index contributed by atoms with van der Waals surface area (Å²) in [6.07, 6.45) is 27.1. The number of aliphatic hydroxyl groups excluding tert-OH is 1. The van der Waals surface area contributed by atoms with Gasteiger partial charge in [-0.1, -0.05) is 116 Å². The van der Waals surface area contributed by atoms with Crippen molar-refractivity contribution in [3.8, 4) is 0 Å². The van der Waals surface area contributed by atoms with Crippen LogP contribution in [-0.4, -0.2) is 59.3 Å². The quantitative estimate of drug-likeness (QED) is 0.0400. The lowest BCUT2D eigenvalue weighted by Crippen LogP contribution is -2.47. The largest absolute Gasteiger partial charge is 0.480 e. The van der Waals surface area contributed by atoms with E-state index in [1.807, 2.05) is 6.08 Å². The predicted molar refractivity (Wildman–Crippen MR) is 172 cm³/mol. The molecule has 0 spiro atoms. The van der Waals surface area contributed by atoms with Gasteiger partial charge in [0.1, 0.15) is 12.1 Å². The van der Waals surface area contributed by atoms with Gasteiger partial charge in [0.15, 0.2) is 0 Å². The third kappa shape index (κ3) is 26.9. The fourth-order valence-corrected chi connectivity index (χ4v) is 4.79. The third-order valence-corrected chi connectivity index (χ3v) is 7.50. The number of amides is 2. The second kappa shape index (κ2) is 29.6. The van der Waals surface area contributed by atoms with Gasteiger partial charge >= 0.3 is 11.9 Å². The van der Waals surface area contributed by atoms with Crippen molar-refractivity contribution in [2.45, 2.75) is 167 Å². The van der Waals surface area contributed by atoms with E-state index in [2.05, 4.69) is 30.6 Å². The molecule has 0 aromatic carbocycles. The Balaban J connectivity index is 4.09. The lowest BCUT2D eigenvalue weighted by atomic mass is 10.0. The van der Waals surface area contributed by atoms with Crippen LogP contribution in [0.1, 0.15) is 155 Å². The van der Waals surface area contributed by atoms with E-state index in [1.165, 1.54) is 64.2 Å². The van der Waals surface area contributed by atoms with E-state index < -0.39 is 24.5 Å². The standard InChI is InChI=1S/C34H62N2O7/c1-3-5-7-9-10-11-12-13-14-15-16-22-26-33(40)43-29(23-19-8-6-4-2)24-20-17-18-21-25-31(38)35-27-32(39)36-30(28-37)34(41)42/h19,23,29-30,37H,3-18,20-22,24-28H2,1-2H3,(H,35,38)(H,36,39)(H,41,42)/b23-19-. The molecule has 0 fully saturated rings. The highest BCUT2D eigenvalue weighted by Gasteiger charge is 2.18. The Morgan fingerprint density at radius 3 is 1.79 bits per heavy atom. The van der Waals surface area contributed by atoms with Gasteiger partial charge in [-0.25, -0.2) is 4.79 Å². The molecule has 0 aromatic heterocycles. The molecule has 43 heavy (non-hydrogen) atoms. The van der Waals surface area contributed by atoms with Gasteiger partial charge in [0.2, 0.25) is 11.8 Å². The molecule has 4 N–H and O–H groups in total. The van der Waals surface area contributed by atoms with E-state index in [0.717, 1.165) is 57.8 Å². The number of allylic oxidation sites excluding steroid dienone is 1. The maximum Gasteiger partial charge on any atom is 0.328 e. The molecule has 0 saturated heterocycles. The Labute approximate surface area is 261 Å². The molecule has 0 saturated carbocycles. The monoisotopic (exact) mass is 610 g/mol. The molecule has 0 aliphatic carbocycles. The highest BCUT2D eigenvalue weighted by molar-refractivity contribution is 5.87. The molecule has 0 aliphatic rings. The zero-order valence-corrected chi connectivity index (χ0v) is 27.2. The van der Waals surface area contributed by atoms with Gasteiger partial charge < -0.3 is 25.6 Å². The van der Waals surface area contributed by atoms with Crippen LogP contribution in [0.4, 0.5) is 0 Å². The minimum absolute atomic E-state index is 0.119. The number of unbranched alkanes of at least 4 members (excludes halogenated alkanes) is 16. The first kappa shape index (κ1) is 40.6. The summed E-state index contributed by atoms with van der Waals surface area (Å²) in [7, 11) is 0. The van der Waals surface area contributed by atoms with Crippen LogP contribution in [0.2, 0.25) is 0 Å². The fourth-order valence-electron chi connectivity index (χ4n) is 4.79. The molecule has 2 amide bonds. The maximum absolute atomic E-state index is 12.5. The molecule has 250 valence electrons. The molecule has 0 bridgehead atoms. The summed E-state index contributed by atoms with van der Waals surface area (Å²) in [5.74, 6) is -2.41. The average Bonchev–Trinajstić information content (AvgIpc) is 2.98. The van der Waals surface area contributed by atoms with Crippen LogP contribution in [0.3, 0.4) is 0 Å². The molecule has 9 nitrogen and oxygen atoms in total. The third-order valence-electron chi connectivity index (χ3n) is 7.50. The van der Waals surface area contributed by atoms with E-state index in [4.69, 9.17) is 14.9 Å². The number of nitrogens with one attached hydrogen (secondary N) is 2. The number of hydrogen-bond acceptors (Lipinski definition) is 6. The van der Waals surface area contributed by atoms with E-state index in [1.54, 1.807) is 0 Å². The number of carbonyl (C=O) groups excluding carboxylic acids is 3. The average molecular weight is 611 g/mol. The Morgan fingerprint density at radius 2 is 1.23 bits per heavy atom. The SMILES string of the molecule is CCCC/C=C\C(CCCCCCC(=O)NCC(=O)NC(CO)C(=O)O)OC(=O)CCCCCCCCCCCCCC. The van der Waals surface area contributed by atoms with Crippen molar-refractivity contribution in [2.24, 2.45) is 0 Å². The van der Waals surface area contributed by atoms with Crippen LogP contribution in [0.15, 0.2) is 12.2 Å². The van der Waals surface area contributed by atoms with Crippen LogP contribution in [0, 0.1) is 0 Å². The Bertz CT molecular complexity index is 757. The summed E-state index contributed by atoms with van der Waals surface area (Å²) in [5.41, 5.74) is 0. The number of carboxylic acids is 1. The second-order valence-electron chi connectivity index (χ2n) is 11.6. The summed E-state index contributed by atoms with van der Waals surface area (Å²) in [4.78, 5) is 47.0. The summed E-state index contributed by atoms with van der Waals surface area (Å²) < 4.78 is 5.80. The van der Waals surface area contributed by atoms with Crippen molar-refractivity contribution < 1.29 is 34.1 Å². The molecule has 0 radical (unpaired) electrons. The number of aliphatic carboxylic acids is 1. The Morgan fingerprint density at radius 1 is 0.698 bits per heavy atom. The second-order valence-corrected chi connectivity index (χ2v) is 11.6. The van der Waals surface area contributed by atoms with E-state index >= 15 is 0 Å². The number of aliphatic hydroxyl groups is 1. The highest BCUT2D eigenvalue weighted by atomic mass is 16.5. The number of hydrogen-bond donors (Lipinski definition) is 4. The van der Waals surface area contributed by atoms with Crippen LogP contribution in [0.25, 0.3) is 0 Å². The highest BCUT2D eigenvalue weighted by Crippen LogP contribution is 2.15. The summed E-state index contributed by atoms with van der Waals surface area (Å²) in [6.45, 7) is 3.35. The Kier molecular flexibility index (Phi) is 28.0. The van der Waals surface area contributed by atoms with E-state index in [-0.39, 0.29) is 30.9 Å². The minimum atomic E-state index is -1.39. The molecule has 2 atom stereocenters. The lowest BCUT2D eigenvalue weighted by molar-refractivity contribution is -0.147. The van der Waals surface area contributed by atoms with Crippen molar-refractivity contribution in [1.82, 2.24) is 10.6 Å². The smallest absolute Gasteiger partial charge is 0.328 e. The molecular formula is C34H62N2O7. The first-order valence-electron chi connectivity index (χ1n) is 17.1. The van der Waals surface area contributed by atoms with Gasteiger partial charge in [-0.15, -0.1) is 0 Å². The van der Waals surface area contributed by atoms with Crippen LogP contribution >= 0.6 is 0 Å². The molecule has 9 heteroatoms. The normalized spacial score (nSPS) is 12.6. The summed E-state index contributed by atoms with van der Waals surface area (Å²) in [6, 6.07) is -1.39. The fraction of sp³-hybridized carbons (Fsp3) is 0.824. The number of esters is 1. The molecular weight excluding hydrogens is 548 g/mol. The van der Waals surface area contributed by atoms with Crippen LogP contribution < -0.4 is 10.6 Å². The minimum Gasteiger partial charge on any atom is -0.480 e. The van der Waals surface area contributed by atoms with Gasteiger partial charge in [-0.3, -0.25) is 14.4 Å². The molecule has 0 aliphatic heterocycles. The van der Waals surface area contributed by atoms with E-state index in [0.29, 0.717) is 12.8 Å². The Hall–Kier alpha value is -2.42. The van der Waals surface area contributed by atoms with Crippen molar-refractivity contribution in [2.75, 3.05) is 13.2 Å². The number of rotatable bonds is 30. The van der Waals surface area contributed by atoms with Gasteiger partial charge in [0, 0.05) is 12.8 Å². The first-order valence-corrected chi connectivity index (χ1v) is 17.1. The van der Waals surface area contributed by atoms with Gasteiger partial charge in [-0.2, -0.15) is 0 Å². The number of carbonyl (C=O) groups is 4. The lowest BCUT2D eigenvalue weighted by Gasteiger charge is -2.15. The molecule has 0 heterocycles. The van der Waals surface area contributed by atoms with Crippen molar-refractivity contribution in [1.29, 1.82) is 0 Å². The molecule has 0 aromatic rings. The number of ether oxygens (including phenoxy) is 1. The van der Waals surface area contributed by atoms with Crippen molar-refractivity contribution in [3.05, 3.63) is 12.2 Å². The molecule has 0 rings (SSSR count). The zero-order valence-electron chi connectivity index (χ0n) is 27.2. The zero-order chi connectivity index (χ0) is 32.0. The van der Waals surface area contributed by atoms with E-state index in [9.17, 15) is 19.2 Å².